The average Bonchev–Trinajstić information content (AvgIpc) is 2.52. The minimum Gasteiger partial charge on any atom is -0.383 e. The van der Waals surface area contributed by atoms with Crippen molar-refractivity contribution in [1.82, 2.24) is 0 Å². The Morgan fingerprint density at radius 1 is 1.67 bits per heavy atom. The van der Waals surface area contributed by atoms with Gasteiger partial charge in [0.2, 0.25) is 0 Å². The van der Waals surface area contributed by atoms with Crippen molar-refractivity contribution < 1.29 is 5.11 Å². The molecule has 0 aliphatic carbocycles. The molecular weight excluding hydrogens is 170 g/mol. The van der Waals surface area contributed by atoms with Crippen molar-refractivity contribution in [2.75, 3.05) is 6.54 Å². The molecule has 12 heavy (non-hydrogen) atoms. The minimum absolute atomic E-state index is 0.278. The van der Waals surface area contributed by atoms with Gasteiger partial charge in [-0.1, -0.05) is 6.92 Å². The monoisotopic (exact) mass is 185 g/mol. The van der Waals surface area contributed by atoms with Gasteiger partial charge in [0.1, 0.15) is 5.60 Å². The Morgan fingerprint density at radius 3 is 2.83 bits per heavy atom. The highest BCUT2D eigenvalue weighted by Crippen LogP contribution is 2.28. The summed E-state index contributed by atoms with van der Waals surface area (Å²) in [7, 11) is 0. The number of hydrogen-bond acceptors (Lipinski definition) is 3. The summed E-state index contributed by atoms with van der Waals surface area (Å²) < 4.78 is 0. The fraction of sp³-hybridized carbons (Fsp3) is 0.556. The zero-order chi connectivity index (χ0) is 9.19. The molecule has 1 aromatic rings. The van der Waals surface area contributed by atoms with Crippen LogP contribution in [0.5, 0.6) is 0 Å². The van der Waals surface area contributed by atoms with Crippen LogP contribution in [0.25, 0.3) is 0 Å². The predicted octanol–water partition coefficient (Wildman–Crippen LogP) is 1.48. The fourth-order valence-electron chi connectivity index (χ4n) is 1.18. The van der Waals surface area contributed by atoms with Gasteiger partial charge in [0, 0.05) is 11.4 Å². The third-order valence-electron chi connectivity index (χ3n) is 2.01. The molecule has 1 aromatic heterocycles. The van der Waals surface area contributed by atoms with Gasteiger partial charge < -0.3 is 10.8 Å². The molecule has 0 fully saturated rings. The molecule has 0 spiro atoms. The Hall–Kier alpha value is -0.380. The third-order valence-corrected chi connectivity index (χ3v) is 3.22. The van der Waals surface area contributed by atoms with Crippen LogP contribution in [0, 0.1) is 0 Å². The lowest BCUT2D eigenvalue weighted by Gasteiger charge is -2.20. The van der Waals surface area contributed by atoms with Crippen molar-refractivity contribution >= 4 is 11.3 Å². The van der Waals surface area contributed by atoms with Gasteiger partial charge in [0.15, 0.2) is 0 Å². The second-order valence-electron chi connectivity index (χ2n) is 3.11. The van der Waals surface area contributed by atoms with Crippen molar-refractivity contribution in [1.29, 1.82) is 0 Å². The van der Waals surface area contributed by atoms with Gasteiger partial charge in [-0.25, -0.2) is 0 Å². The lowest BCUT2D eigenvalue weighted by molar-refractivity contribution is 0.0699. The van der Waals surface area contributed by atoms with E-state index < -0.39 is 5.60 Å². The van der Waals surface area contributed by atoms with Gasteiger partial charge >= 0.3 is 0 Å². The van der Waals surface area contributed by atoms with Gasteiger partial charge in [0.25, 0.3) is 0 Å². The molecule has 68 valence electrons. The summed E-state index contributed by atoms with van der Waals surface area (Å²) in [6, 6.07) is 2.05. The topological polar surface area (TPSA) is 46.2 Å². The standard InChI is InChI=1S/C9H15NOS/c1-3-7-4-5-12-8(7)9(2,11)6-10/h4-5,11H,3,6,10H2,1-2H3. The molecule has 0 saturated heterocycles. The largest absolute Gasteiger partial charge is 0.383 e. The number of aliphatic hydroxyl groups is 1. The number of nitrogens with two attached hydrogens (primary N) is 1. The molecule has 3 heteroatoms. The summed E-state index contributed by atoms with van der Waals surface area (Å²) in [6.45, 7) is 4.12. The van der Waals surface area contributed by atoms with Crippen LogP contribution < -0.4 is 5.73 Å². The Bertz CT molecular complexity index is 255. The van der Waals surface area contributed by atoms with Crippen LogP contribution in [0.1, 0.15) is 24.3 Å². The van der Waals surface area contributed by atoms with Crippen LogP contribution in [-0.2, 0) is 12.0 Å². The van der Waals surface area contributed by atoms with E-state index in [2.05, 4.69) is 6.92 Å². The molecule has 0 aromatic carbocycles. The second kappa shape index (κ2) is 3.56. The molecule has 0 aliphatic rings. The highest BCUT2D eigenvalue weighted by molar-refractivity contribution is 7.10. The molecule has 3 N–H and O–H groups in total. The SMILES string of the molecule is CCc1ccsc1C(C)(O)CN. The van der Waals surface area contributed by atoms with Crippen molar-refractivity contribution in [2.45, 2.75) is 25.9 Å². The van der Waals surface area contributed by atoms with E-state index in [1.54, 1.807) is 18.3 Å². The number of hydrogen-bond donors (Lipinski definition) is 2. The van der Waals surface area contributed by atoms with Crippen LogP contribution in [-0.4, -0.2) is 11.7 Å². The maximum absolute atomic E-state index is 9.88. The maximum Gasteiger partial charge on any atom is 0.108 e. The predicted molar refractivity (Wildman–Crippen MR) is 52.3 cm³/mol. The molecule has 1 rings (SSSR count). The van der Waals surface area contributed by atoms with E-state index in [0.29, 0.717) is 0 Å². The third kappa shape index (κ3) is 1.68. The van der Waals surface area contributed by atoms with Crippen LogP contribution >= 0.6 is 11.3 Å². The zero-order valence-corrected chi connectivity index (χ0v) is 8.32. The molecule has 0 saturated carbocycles. The van der Waals surface area contributed by atoms with Crippen LogP contribution in [0.4, 0.5) is 0 Å². The van der Waals surface area contributed by atoms with Crippen molar-refractivity contribution in [3.63, 3.8) is 0 Å². The van der Waals surface area contributed by atoms with Crippen molar-refractivity contribution in [3.05, 3.63) is 21.9 Å². The van der Waals surface area contributed by atoms with Crippen molar-refractivity contribution in [3.8, 4) is 0 Å². The molecule has 0 amide bonds. The zero-order valence-electron chi connectivity index (χ0n) is 7.50. The Labute approximate surface area is 77.0 Å². The fourth-order valence-corrected chi connectivity index (χ4v) is 2.25. The first-order valence-corrected chi connectivity index (χ1v) is 4.99. The molecule has 0 aliphatic heterocycles. The Balaban J connectivity index is 3.00. The molecule has 1 heterocycles. The van der Waals surface area contributed by atoms with E-state index in [9.17, 15) is 5.11 Å². The highest BCUT2D eigenvalue weighted by Gasteiger charge is 2.24. The first kappa shape index (κ1) is 9.71. The number of aryl methyl sites for hydroxylation is 1. The van der Waals surface area contributed by atoms with E-state index in [0.717, 1.165) is 11.3 Å². The highest BCUT2D eigenvalue weighted by atomic mass is 32.1. The van der Waals surface area contributed by atoms with Crippen LogP contribution in [0.2, 0.25) is 0 Å². The Kier molecular flexibility index (Phi) is 2.88. The van der Waals surface area contributed by atoms with E-state index >= 15 is 0 Å². The number of rotatable bonds is 3. The summed E-state index contributed by atoms with van der Waals surface area (Å²) in [5.74, 6) is 0. The molecule has 2 nitrogen and oxygen atoms in total. The first-order chi connectivity index (χ1) is 5.61. The van der Waals surface area contributed by atoms with Crippen LogP contribution in [0.15, 0.2) is 11.4 Å². The second-order valence-corrected chi connectivity index (χ2v) is 4.02. The van der Waals surface area contributed by atoms with Gasteiger partial charge in [-0.15, -0.1) is 11.3 Å². The van der Waals surface area contributed by atoms with E-state index in [4.69, 9.17) is 5.73 Å². The van der Waals surface area contributed by atoms with E-state index in [-0.39, 0.29) is 6.54 Å². The smallest absolute Gasteiger partial charge is 0.108 e. The molecule has 1 unspecified atom stereocenters. The molecular formula is C9H15NOS. The normalized spacial score (nSPS) is 16.0. The quantitative estimate of drug-likeness (QED) is 0.749. The first-order valence-electron chi connectivity index (χ1n) is 4.11. The lowest BCUT2D eigenvalue weighted by Crippen LogP contribution is -2.31. The molecule has 0 radical (unpaired) electrons. The van der Waals surface area contributed by atoms with Gasteiger partial charge in [-0.05, 0) is 30.4 Å². The minimum atomic E-state index is -0.848. The van der Waals surface area contributed by atoms with E-state index in [1.807, 2.05) is 11.4 Å². The molecule has 1 atom stereocenters. The number of thiophene rings is 1. The summed E-state index contributed by atoms with van der Waals surface area (Å²) >= 11 is 1.58. The average molecular weight is 185 g/mol. The van der Waals surface area contributed by atoms with Gasteiger partial charge in [0.05, 0.1) is 0 Å². The van der Waals surface area contributed by atoms with Crippen molar-refractivity contribution in [2.24, 2.45) is 5.73 Å². The summed E-state index contributed by atoms with van der Waals surface area (Å²) in [5, 5.41) is 11.9. The van der Waals surface area contributed by atoms with Gasteiger partial charge in [-0.2, -0.15) is 0 Å². The lowest BCUT2D eigenvalue weighted by atomic mass is 10.0. The Morgan fingerprint density at radius 2 is 2.33 bits per heavy atom. The molecule has 0 bridgehead atoms. The summed E-state index contributed by atoms with van der Waals surface area (Å²) in [6.07, 6.45) is 0.953. The van der Waals surface area contributed by atoms with Crippen LogP contribution in [0.3, 0.4) is 0 Å². The summed E-state index contributed by atoms with van der Waals surface area (Å²) in [4.78, 5) is 1.01. The summed E-state index contributed by atoms with van der Waals surface area (Å²) in [5.41, 5.74) is 5.83. The van der Waals surface area contributed by atoms with Gasteiger partial charge in [-0.3, -0.25) is 0 Å². The maximum atomic E-state index is 9.88. The van der Waals surface area contributed by atoms with E-state index in [1.165, 1.54) is 5.56 Å².